The summed E-state index contributed by atoms with van der Waals surface area (Å²) in [5, 5.41) is 7.56. The Balaban J connectivity index is 1.32. The first kappa shape index (κ1) is 20.7. The van der Waals surface area contributed by atoms with E-state index in [1.807, 2.05) is 17.2 Å². The second kappa shape index (κ2) is 9.51. The third-order valence-corrected chi connectivity index (χ3v) is 7.51. The summed E-state index contributed by atoms with van der Waals surface area (Å²) in [6.45, 7) is 3.76. The molecule has 31 heavy (non-hydrogen) atoms. The molecule has 2 fully saturated rings. The zero-order valence-electron chi connectivity index (χ0n) is 18.6. The van der Waals surface area contributed by atoms with Crippen molar-refractivity contribution in [3.63, 3.8) is 0 Å². The number of pyridine rings is 1. The van der Waals surface area contributed by atoms with Crippen molar-refractivity contribution in [2.75, 3.05) is 19.6 Å². The standard InChI is InChI=1S/C25H35N5O/c31-25(24-22-11-4-12-23(22)27-28-24)30(16-19-7-5-13-26-15-19)18-20-8-6-14-29(17-20)21-9-2-1-3-10-21/h5,7,13,15,20-21H,1-4,6,8-12,14,16-18H2,(H,27,28)/t20-/m0/s1. The first-order chi connectivity index (χ1) is 15.3. The molecule has 0 aromatic carbocycles. The highest BCUT2D eigenvalue weighted by Gasteiger charge is 2.31. The Morgan fingerprint density at radius 3 is 2.87 bits per heavy atom. The molecule has 0 unspecified atom stereocenters. The molecule has 1 amide bonds. The van der Waals surface area contributed by atoms with Gasteiger partial charge in [-0.05, 0) is 69.0 Å². The Kier molecular flexibility index (Phi) is 6.35. The van der Waals surface area contributed by atoms with Gasteiger partial charge in [0.2, 0.25) is 0 Å². The number of amides is 1. The number of rotatable bonds is 6. The summed E-state index contributed by atoms with van der Waals surface area (Å²) >= 11 is 0. The number of carbonyl (C=O) groups is 1. The van der Waals surface area contributed by atoms with Crippen molar-refractivity contribution in [2.45, 2.75) is 76.8 Å². The van der Waals surface area contributed by atoms with Gasteiger partial charge in [0, 0.05) is 49.3 Å². The van der Waals surface area contributed by atoms with E-state index in [1.54, 1.807) is 6.20 Å². The van der Waals surface area contributed by atoms with Crippen LogP contribution in [-0.2, 0) is 19.4 Å². The van der Waals surface area contributed by atoms with E-state index in [9.17, 15) is 4.79 Å². The minimum Gasteiger partial charge on any atom is -0.333 e. The topological polar surface area (TPSA) is 65.1 Å². The van der Waals surface area contributed by atoms with Gasteiger partial charge in [-0.1, -0.05) is 25.3 Å². The summed E-state index contributed by atoms with van der Waals surface area (Å²) in [5.74, 6) is 0.612. The highest BCUT2D eigenvalue weighted by atomic mass is 16.2. The summed E-state index contributed by atoms with van der Waals surface area (Å²) in [7, 11) is 0. The van der Waals surface area contributed by atoms with Gasteiger partial charge in [-0.3, -0.25) is 14.9 Å². The van der Waals surface area contributed by atoms with Gasteiger partial charge in [-0.15, -0.1) is 0 Å². The van der Waals surface area contributed by atoms with Gasteiger partial charge in [0.15, 0.2) is 5.69 Å². The van der Waals surface area contributed by atoms with Crippen LogP contribution in [0.2, 0.25) is 0 Å². The lowest BCUT2D eigenvalue weighted by Crippen LogP contribution is -2.47. The average Bonchev–Trinajstić information content (AvgIpc) is 3.44. The number of carbonyl (C=O) groups excluding carboxylic acids is 1. The maximum Gasteiger partial charge on any atom is 0.274 e. The lowest BCUT2D eigenvalue weighted by molar-refractivity contribution is 0.0578. The van der Waals surface area contributed by atoms with Gasteiger partial charge < -0.3 is 9.80 Å². The van der Waals surface area contributed by atoms with Gasteiger partial charge in [0.25, 0.3) is 5.91 Å². The van der Waals surface area contributed by atoms with Crippen molar-refractivity contribution in [1.29, 1.82) is 0 Å². The Labute approximate surface area is 185 Å². The van der Waals surface area contributed by atoms with E-state index in [-0.39, 0.29) is 5.91 Å². The van der Waals surface area contributed by atoms with Crippen molar-refractivity contribution in [2.24, 2.45) is 5.92 Å². The zero-order valence-corrected chi connectivity index (χ0v) is 18.6. The molecule has 1 saturated carbocycles. The number of fused-ring (bicyclic) bond motifs is 1. The lowest BCUT2D eigenvalue weighted by atomic mass is 9.90. The van der Waals surface area contributed by atoms with Gasteiger partial charge in [-0.25, -0.2) is 0 Å². The minimum atomic E-state index is 0.0815. The molecule has 0 radical (unpaired) electrons. The summed E-state index contributed by atoms with van der Waals surface area (Å²) in [4.78, 5) is 22.7. The summed E-state index contributed by atoms with van der Waals surface area (Å²) < 4.78 is 0. The fourth-order valence-electron chi connectivity index (χ4n) is 5.91. The number of aryl methyl sites for hydroxylation is 1. The van der Waals surface area contributed by atoms with Gasteiger partial charge >= 0.3 is 0 Å². The molecule has 3 aliphatic rings. The van der Waals surface area contributed by atoms with Crippen molar-refractivity contribution < 1.29 is 4.79 Å². The molecular formula is C25H35N5O. The summed E-state index contributed by atoms with van der Waals surface area (Å²) in [6.07, 6.45) is 16.1. The molecule has 3 heterocycles. The van der Waals surface area contributed by atoms with E-state index in [2.05, 4.69) is 26.1 Å². The fraction of sp³-hybridized carbons (Fsp3) is 0.640. The Morgan fingerprint density at radius 2 is 2.03 bits per heavy atom. The molecule has 0 spiro atoms. The monoisotopic (exact) mass is 421 g/mol. The van der Waals surface area contributed by atoms with Crippen molar-refractivity contribution in [3.05, 3.63) is 47.0 Å². The van der Waals surface area contributed by atoms with Crippen LogP contribution in [0.5, 0.6) is 0 Å². The number of piperidine rings is 1. The molecule has 1 aliphatic heterocycles. The minimum absolute atomic E-state index is 0.0815. The third kappa shape index (κ3) is 4.69. The number of nitrogens with one attached hydrogen (secondary N) is 1. The van der Waals surface area contributed by atoms with E-state index in [0.29, 0.717) is 18.2 Å². The van der Waals surface area contributed by atoms with Crippen LogP contribution in [0.4, 0.5) is 0 Å². The normalized spacial score (nSPS) is 22.4. The molecule has 166 valence electrons. The van der Waals surface area contributed by atoms with Crippen LogP contribution in [0.15, 0.2) is 24.5 Å². The molecule has 2 aliphatic carbocycles. The van der Waals surface area contributed by atoms with E-state index < -0.39 is 0 Å². The maximum atomic E-state index is 13.6. The first-order valence-corrected chi connectivity index (χ1v) is 12.3. The van der Waals surface area contributed by atoms with Crippen LogP contribution in [0.3, 0.4) is 0 Å². The second-order valence-electron chi connectivity index (χ2n) is 9.72. The van der Waals surface area contributed by atoms with Crippen LogP contribution in [0.1, 0.15) is 78.7 Å². The Bertz CT molecular complexity index is 873. The van der Waals surface area contributed by atoms with Gasteiger partial charge in [-0.2, -0.15) is 5.10 Å². The van der Waals surface area contributed by atoms with Crippen molar-refractivity contribution in [3.8, 4) is 0 Å². The highest BCUT2D eigenvalue weighted by Crippen LogP contribution is 2.29. The van der Waals surface area contributed by atoms with Crippen LogP contribution in [0.25, 0.3) is 0 Å². The number of aromatic nitrogens is 3. The molecular weight excluding hydrogens is 386 g/mol. The Hall–Kier alpha value is -2.21. The molecule has 6 heteroatoms. The highest BCUT2D eigenvalue weighted by molar-refractivity contribution is 5.94. The zero-order chi connectivity index (χ0) is 21.0. The van der Waals surface area contributed by atoms with Crippen LogP contribution in [0, 0.1) is 5.92 Å². The second-order valence-corrected chi connectivity index (χ2v) is 9.72. The number of hydrogen-bond donors (Lipinski definition) is 1. The van der Waals surface area contributed by atoms with Crippen LogP contribution < -0.4 is 0 Å². The van der Waals surface area contributed by atoms with E-state index in [4.69, 9.17) is 0 Å². The van der Waals surface area contributed by atoms with Crippen molar-refractivity contribution in [1.82, 2.24) is 25.0 Å². The summed E-state index contributed by atoms with van der Waals surface area (Å²) in [5.41, 5.74) is 4.04. The van der Waals surface area contributed by atoms with Crippen molar-refractivity contribution >= 4 is 5.91 Å². The lowest BCUT2D eigenvalue weighted by Gasteiger charge is -2.41. The first-order valence-electron chi connectivity index (χ1n) is 12.3. The quantitative estimate of drug-likeness (QED) is 0.766. The van der Waals surface area contributed by atoms with E-state index in [0.717, 1.165) is 55.2 Å². The molecule has 1 N–H and O–H groups in total. The predicted octanol–water partition coefficient (Wildman–Crippen LogP) is 3.98. The van der Waals surface area contributed by atoms with Gasteiger partial charge in [0.1, 0.15) is 0 Å². The van der Waals surface area contributed by atoms with E-state index >= 15 is 0 Å². The maximum absolute atomic E-state index is 13.6. The third-order valence-electron chi connectivity index (χ3n) is 7.51. The van der Waals surface area contributed by atoms with Crippen LogP contribution in [-0.4, -0.2) is 56.6 Å². The van der Waals surface area contributed by atoms with Gasteiger partial charge in [0.05, 0.1) is 0 Å². The average molecular weight is 422 g/mol. The number of nitrogens with zero attached hydrogens (tertiary/aromatic N) is 4. The molecule has 5 rings (SSSR count). The predicted molar refractivity (Wildman–Crippen MR) is 121 cm³/mol. The number of aromatic amines is 1. The fourth-order valence-corrected chi connectivity index (χ4v) is 5.91. The Morgan fingerprint density at radius 1 is 1.13 bits per heavy atom. The number of hydrogen-bond acceptors (Lipinski definition) is 4. The van der Waals surface area contributed by atoms with E-state index in [1.165, 1.54) is 51.5 Å². The molecule has 6 nitrogen and oxygen atoms in total. The molecule has 1 saturated heterocycles. The smallest absolute Gasteiger partial charge is 0.274 e. The summed E-state index contributed by atoms with van der Waals surface area (Å²) in [6, 6.07) is 4.78. The molecule has 2 aromatic heterocycles. The molecule has 0 bridgehead atoms. The van der Waals surface area contributed by atoms with Crippen LogP contribution >= 0.6 is 0 Å². The molecule has 1 atom stereocenters. The largest absolute Gasteiger partial charge is 0.333 e. The number of likely N-dealkylation sites (tertiary alicyclic amines) is 1. The SMILES string of the molecule is O=C(c1n[nH]c2c1CCC2)N(Cc1cccnc1)C[C@H]1CCCN(C2CCCCC2)C1. The number of H-pyrrole nitrogens is 1. The molecule has 2 aromatic rings.